The average Bonchev–Trinajstić information content (AvgIpc) is 2.14. The van der Waals surface area contributed by atoms with E-state index in [4.69, 9.17) is 25.5 Å². The smallest absolute Gasteiger partial charge is 0.183 e. The van der Waals surface area contributed by atoms with Gasteiger partial charge in [0.15, 0.2) is 6.29 Å². The van der Waals surface area contributed by atoms with Crippen LogP contribution >= 0.6 is 0 Å². The van der Waals surface area contributed by atoms with Gasteiger partial charge in [0, 0.05) is 0 Å². The molecule has 12 heavy (non-hydrogen) atoms. The topological polar surface area (TPSA) is 110 Å². The third-order valence-corrected chi connectivity index (χ3v) is 1.82. The molecule has 0 spiro atoms. The highest BCUT2D eigenvalue weighted by molar-refractivity contribution is 4.85. The first-order chi connectivity index (χ1) is 5.54. The maximum atomic E-state index is 9.07. The van der Waals surface area contributed by atoms with Gasteiger partial charge in [-0.15, -0.1) is 0 Å². The average molecular weight is 180 g/mol. The Morgan fingerprint density at radius 3 is 2.00 bits per heavy atom. The van der Waals surface area contributed by atoms with E-state index in [1.54, 1.807) is 0 Å². The summed E-state index contributed by atoms with van der Waals surface area (Å²) in [6.45, 7) is -0.323. The largest absolute Gasteiger partial charge is 0.388 e. The van der Waals surface area contributed by atoms with Crippen molar-refractivity contribution in [1.29, 1.82) is 0 Å². The molecule has 0 saturated carbocycles. The van der Waals surface area contributed by atoms with Gasteiger partial charge in [-0.3, -0.25) is 0 Å². The van der Waals surface area contributed by atoms with Crippen LogP contribution in [0.15, 0.2) is 0 Å². The molecular formula is C6H12O6. The fourth-order valence-electron chi connectivity index (χ4n) is 0.993. The number of aliphatic hydroxyl groups excluding tert-OH is 5. The molecule has 1 fully saturated rings. The Hall–Kier alpha value is -0.240. The van der Waals surface area contributed by atoms with Crippen molar-refractivity contribution in [2.75, 3.05) is 6.61 Å². The van der Waals surface area contributed by atoms with Crippen molar-refractivity contribution in [3.63, 3.8) is 0 Å². The first-order valence-corrected chi connectivity index (χ1v) is 3.56. The predicted molar refractivity (Wildman–Crippen MR) is 36.0 cm³/mol. The Balaban J connectivity index is 2.68. The second-order valence-corrected chi connectivity index (χ2v) is 2.76. The molecule has 0 aliphatic carbocycles. The van der Waals surface area contributed by atoms with Gasteiger partial charge in [0.05, 0.1) is 6.61 Å². The lowest BCUT2D eigenvalue weighted by Gasteiger charge is -2.22. The van der Waals surface area contributed by atoms with E-state index in [0.717, 1.165) is 0 Å². The van der Waals surface area contributed by atoms with Crippen LogP contribution in [0.3, 0.4) is 0 Å². The normalized spacial score (nSPS) is 50.2. The number of aliphatic hydroxyl groups is 5. The number of rotatable bonds is 0. The molecule has 1 saturated heterocycles. The summed E-state index contributed by atoms with van der Waals surface area (Å²) in [5, 5.41) is 45.1. The Bertz CT molecular complexity index is 135. The minimum absolute atomic E-state index is 0.323. The summed E-state index contributed by atoms with van der Waals surface area (Å²) in [5.41, 5.74) is 0. The predicted octanol–water partition coefficient (Wildman–Crippen LogP) is -3.22. The summed E-state index contributed by atoms with van der Waals surface area (Å²) in [7, 11) is 0. The van der Waals surface area contributed by atoms with E-state index < -0.39 is 30.7 Å². The molecule has 1 aliphatic heterocycles. The molecule has 1 unspecified atom stereocenters. The molecule has 0 amide bonds. The first-order valence-electron chi connectivity index (χ1n) is 3.56. The zero-order valence-electron chi connectivity index (χ0n) is 6.24. The van der Waals surface area contributed by atoms with Gasteiger partial charge < -0.3 is 30.3 Å². The molecule has 0 aromatic carbocycles. The lowest BCUT2D eigenvalue weighted by Crippen LogP contribution is -2.46. The van der Waals surface area contributed by atoms with Gasteiger partial charge >= 0.3 is 0 Å². The van der Waals surface area contributed by atoms with Crippen molar-refractivity contribution in [3.8, 4) is 0 Å². The van der Waals surface area contributed by atoms with Crippen LogP contribution in [0.2, 0.25) is 0 Å². The lowest BCUT2D eigenvalue weighted by molar-refractivity contribution is -0.181. The van der Waals surface area contributed by atoms with Gasteiger partial charge in [-0.2, -0.15) is 0 Å². The Kier molecular flexibility index (Phi) is 2.99. The second-order valence-electron chi connectivity index (χ2n) is 2.76. The van der Waals surface area contributed by atoms with E-state index in [-0.39, 0.29) is 6.61 Å². The van der Waals surface area contributed by atoms with Crippen LogP contribution in [0.1, 0.15) is 0 Å². The molecule has 0 aromatic rings. The van der Waals surface area contributed by atoms with Gasteiger partial charge in [-0.25, -0.2) is 0 Å². The number of ether oxygens (including phenoxy) is 1. The lowest BCUT2D eigenvalue weighted by atomic mass is 10.0. The fourth-order valence-corrected chi connectivity index (χ4v) is 0.993. The van der Waals surface area contributed by atoms with Crippen molar-refractivity contribution in [3.05, 3.63) is 0 Å². The van der Waals surface area contributed by atoms with Gasteiger partial charge in [0.2, 0.25) is 0 Å². The van der Waals surface area contributed by atoms with Crippen molar-refractivity contribution in [1.82, 2.24) is 0 Å². The van der Waals surface area contributed by atoms with Crippen molar-refractivity contribution < 1.29 is 30.3 Å². The summed E-state index contributed by atoms with van der Waals surface area (Å²) < 4.78 is 4.50. The number of hydrogen-bond acceptors (Lipinski definition) is 6. The first kappa shape index (κ1) is 9.85. The SMILES string of the molecule is OC1OC[C@@H](O)[C@H](O)[C@H](O)[C@H]1O. The van der Waals surface area contributed by atoms with Crippen molar-refractivity contribution >= 4 is 0 Å². The molecule has 5 N–H and O–H groups in total. The standard InChI is InChI=1S/C6H12O6/c7-2-1-12-6(11)5(10)4(9)3(2)8/h2-11H,1H2/t2-,3+,4+,5-,6?/m1/s1. The van der Waals surface area contributed by atoms with Crippen LogP contribution in [0.4, 0.5) is 0 Å². The maximum absolute atomic E-state index is 9.07. The number of hydrogen-bond donors (Lipinski definition) is 5. The molecular weight excluding hydrogens is 168 g/mol. The van der Waals surface area contributed by atoms with Crippen LogP contribution in [0.5, 0.6) is 0 Å². The van der Waals surface area contributed by atoms with Crippen LogP contribution in [0.25, 0.3) is 0 Å². The zero-order valence-corrected chi connectivity index (χ0v) is 6.24. The van der Waals surface area contributed by atoms with Crippen LogP contribution < -0.4 is 0 Å². The maximum Gasteiger partial charge on any atom is 0.183 e. The summed E-state index contributed by atoms with van der Waals surface area (Å²) in [6.07, 6.45) is -7.58. The minimum atomic E-state index is -1.60. The highest BCUT2D eigenvalue weighted by Crippen LogP contribution is 2.14. The van der Waals surface area contributed by atoms with Crippen molar-refractivity contribution in [2.45, 2.75) is 30.7 Å². The molecule has 1 heterocycles. The summed E-state index contributed by atoms with van der Waals surface area (Å²) in [5.74, 6) is 0. The second kappa shape index (κ2) is 3.65. The zero-order chi connectivity index (χ0) is 9.30. The van der Waals surface area contributed by atoms with Crippen LogP contribution in [0, 0.1) is 0 Å². The molecule has 5 atom stereocenters. The monoisotopic (exact) mass is 180 g/mol. The molecule has 0 bridgehead atoms. The van der Waals surface area contributed by atoms with E-state index in [0.29, 0.717) is 0 Å². The van der Waals surface area contributed by atoms with Crippen LogP contribution in [-0.4, -0.2) is 62.8 Å². The van der Waals surface area contributed by atoms with Gasteiger partial charge in [-0.1, -0.05) is 0 Å². The Morgan fingerprint density at radius 1 is 0.833 bits per heavy atom. The molecule has 6 heteroatoms. The highest BCUT2D eigenvalue weighted by Gasteiger charge is 2.38. The molecule has 0 aromatic heterocycles. The van der Waals surface area contributed by atoms with Crippen LogP contribution in [-0.2, 0) is 4.74 Å². The van der Waals surface area contributed by atoms with E-state index in [1.807, 2.05) is 0 Å². The quantitative estimate of drug-likeness (QED) is 0.268. The van der Waals surface area contributed by atoms with E-state index in [1.165, 1.54) is 0 Å². The minimum Gasteiger partial charge on any atom is -0.388 e. The fraction of sp³-hybridized carbons (Fsp3) is 1.00. The Labute approximate surface area is 68.6 Å². The summed E-state index contributed by atoms with van der Waals surface area (Å²) >= 11 is 0. The highest BCUT2D eigenvalue weighted by atomic mass is 16.6. The summed E-state index contributed by atoms with van der Waals surface area (Å²) in [4.78, 5) is 0. The van der Waals surface area contributed by atoms with E-state index in [2.05, 4.69) is 4.74 Å². The molecule has 6 nitrogen and oxygen atoms in total. The third-order valence-electron chi connectivity index (χ3n) is 1.82. The summed E-state index contributed by atoms with van der Waals surface area (Å²) in [6, 6.07) is 0. The van der Waals surface area contributed by atoms with E-state index in [9.17, 15) is 0 Å². The molecule has 1 rings (SSSR count). The van der Waals surface area contributed by atoms with Gasteiger partial charge in [0.25, 0.3) is 0 Å². The Morgan fingerprint density at radius 2 is 1.42 bits per heavy atom. The third kappa shape index (κ3) is 1.74. The molecule has 0 radical (unpaired) electrons. The molecule has 1 aliphatic rings. The van der Waals surface area contributed by atoms with Gasteiger partial charge in [-0.05, 0) is 0 Å². The van der Waals surface area contributed by atoms with Crippen molar-refractivity contribution in [2.24, 2.45) is 0 Å². The van der Waals surface area contributed by atoms with Gasteiger partial charge in [0.1, 0.15) is 24.4 Å². The van der Waals surface area contributed by atoms with E-state index >= 15 is 0 Å². The molecule has 72 valence electrons.